The first-order valence-electron chi connectivity index (χ1n) is 10.9. The summed E-state index contributed by atoms with van der Waals surface area (Å²) >= 11 is 0. The van der Waals surface area contributed by atoms with Crippen LogP contribution in [-0.4, -0.2) is 57.3 Å². The summed E-state index contributed by atoms with van der Waals surface area (Å²) in [7, 11) is 0. The van der Waals surface area contributed by atoms with Crippen molar-refractivity contribution in [1.29, 1.82) is 0 Å². The lowest BCUT2D eigenvalue weighted by Crippen LogP contribution is -2.44. The Morgan fingerprint density at radius 1 is 1.23 bits per heavy atom. The number of fused-ring (bicyclic) bond motifs is 2. The smallest absolute Gasteiger partial charge is 0.242 e. The summed E-state index contributed by atoms with van der Waals surface area (Å²) in [6, 6.07) is 8.84. The summed E-state index contributed by atoms with van der Waals surface area (Å²) in [4.78, 5) is 37.1. The standard InChI is InChI=1S/C24H29N5O2/c1-3-4-10-28(17(2)30)16-23(31)29-11-9-22-20(15-29)14-25-24(27-22)26-21-12-18-7-5-6-8-19(18)13-21/h3-8,14,21H,9-13,15-16H2,1-2H3,(H,25,26,27). The van der Waals surface area contributed by atoms with E-state index in [-0.39, 0.29) is 18.4 Å². The van der Waals surface area contributed by atoms with Crippen molar-refractivity contribution in [2.45, 2.75) is 45.7 Å². The van der Waals surface area contributed by atoms with Gasteiger partial charge < -0.3 is 15.1 Å². The second kappa shape index (κ2) is 9.29. The van der Waals surface area contributed by atoms with Crippen molar-refractivity contribution >= 4 is 17.8 Å². The number of amides is 2. The average Bonchev–Trinajstić information content (AvgIpc) is 3.18. The van der Waals surface area contributed by atoms with Crippen LogP contribution in [0.25, 0.3) is 0 Å². The van der Waals surface area contributed by atoms with Gasteiger partial charge >= 0.3 is 0 Å². The van der Waals surface area contributed by atoms with E-state index in [4.69, 9.17) is 4.98 Å². The third-order valence-corrected chi connectivity index (χ3v) is 6.00. The average molecular weight is 420 g/mol. The number of nitrogens with one attached hydrogen (secondary N) is 1. The Kier molecular flexibility index (Phi) is 6.30. The molecule has 0 saturated heterocycles. The van der Waals surface area contributed by atoms with Gasteiger partial charge in [-0.15, -0.1) is 0 Å². The number of carbonyl (C=O) groups excluding carboxylic acids is 2. The molecule has 0 spiro atoms. The summed E-state index contributed by atoms with van der Waals surface area (Å²) in [6.45, 7) is 5.03. The van der Waals surface area contributed by atoms with E-state index in [1.165, 1.54) is 18.1 Å². The summed E-state index contributed by atoms with van der Waals surface area (Å²) in [5, 5.41) is 3.48. The maximum absolute atomic E-state index is 12.7. The number of carbonyl (C=O) groups is 2. The molecular weight excluding hydrogens is 390 g/mol. The van der Waals surface area contributed by atoms with Crippen molar-refractivity contribution in [2.75, 3.05) is 25.0 Å². The predicted molar refractivity (Wildman–Crippen MR) is 119 cm³/mol. The molecule has 1 aromatic carbocycles. The molecule has 0 saturated carbocycles. The highest BCUT2D eigenvalue weighted by Gasteiger charge is 2.26. The minimum Gasteiger partial charge on any atom is -0.351 e. The monoisotopic (exact) mass is 419 g/mol. The molecular formula is C24H29N5O2. The first kappa shape index (κ1) is 21.0. The van der Waals surface area contributed by atoms with E-state index in [9.17, 15) is 9.59 Å². The number of nitrogens with zero attached hydrogens (tertiary/aromatic N) is 4. The normalized spacial score (nSPS) is 15.6. The number of allylic oxidation sites excluding steroid dienone is 1. The van der Waals surface area contributed by atoms with E-state index in [2.05, 4.69) is 34.6 Å². The molecule has 0 bridgehead atoms. The Bertz CT molecular complexity index is 978. The lowest BCUT2D eigenvalue weighted by Gasteiger charge is -2.30. The van der Waals surface area contributed by atoms with E-state index in [1.807, 2.05) is 25.3 Å². The maximum atomic E-state index is 12.7. The fourth-order valence-corrected chi connectivity index (χ4v) is 4.24. The number of anilines is 1. The highest BCUT2D eigenvalue weighted by atomic mass is 16.2. The zero-order chi connectivity index (χ0) is 21.8. The topological polar surface area (TPSA) is 78.4 Å². The quantitative estimate of drug-likeness (QED) is 0.728. The summed E-state index contributed by atoms with van der Waals surface area (Å²) in [6.07, 6.45) is 8.25. The van der Waals surface area contributed by atoms with Gasteiger partial charge in [0, 0.05) is 50.8 Å². The zero-order valence-corrected chi connectivity index (χ0v) is 18.2. The number of aromatic nitrogens is 2. The largest absolute Gasteiger partial charge is 0.351 e. The summed E-state index contributed by atoms with van der Waals surface area (Å²) in [5.41, 5.74) is 4.75. The molecule has 1 aromatic heterocycles. The van der Waals surface area contributed by atoms with Crippen LogP contribution in [0.4, 0.5) is 5.95 Å². The first-order chi connectivity index (χ1) is 15.0. The molecule has 1 N–H and O–H groups in total. The second-order valence-corrected chi connectivity index (χ2v) is 8.22. The molecule has 162 valence electrons. The van der Waals surface area contributed by atoms with Crippen LogP contribution < -0.4 is 5.32 Å². The van der Waals surface area contributed by atoms with Gasteiger partial charge in [-0.3, -0.25) is 9.59 Å². The minimum absolute atomic E-state index is 0.0451. The number of rotatable bonds is 6. The fourth-order valence-electron chi connectivity index (χ4n) is 4.24. The molecule has 2 aliphatic rings. The third kappa shape index (κ3) is 4.93. The maximum Gasteiger partial charge on any atom is 0.242 e. The van der Waals surface area contributed by atoms with Gasteiger partial charge in [-0.2, -0.15) is 0 Å². The predicted octanol–water partition coefficient (Wildman–Crippen LogP) is 2.37. The minimum atomic E-state index is -0.100. The van der Waals surface area contributed by atoms with Crippen LogP contribution >= 0.6 is 0 Å². The second-order valence-electron chi connectivity index (χ2n) is 8.22. The van der Waals surface area contributed by atoms with Crippen LogP contribution in [0.3, 0.4) is 0 Å². The van der Waals surface area contributed by atoms with Gasteiger partial charge in [-0.1, -0.05) is 36.4 Å². The van der Waals surface area contributed by atoms with Gasteiger partial charge in [0.25, 0.3) is 0 Å². The molecule has 1 aliphatic carbocycles. The summed E-state index contributed by atoms with van der Waals surface area (Å²) < 4.78 is 0. The van der Waals surface area contributed by atoms with Gasteiger partial charge in [0.1, 0.15) is 6.54 Å². The van der Waals surface area contributed by atoms with E-state index in [0.717, 1.165) is 24.1 Å². The third-order valence-electron chi connectivity index (χ3n) is 6.00. The highest BCUT2D eigenvalue weighted by molar-refractivity contribution is 5.84. The van der Waals surface area contributed by atoms with Crippen molar-refractivity contribution < 1.29 is 9.59 Å². The Balaban J connectivity index is 1.36. The first-order valence-corrected chi connectivity index (χ1v) is 10.9. The zero-order valence-electron chi connectivity index (χ0n) is 18.2. The van der Waals surface area contributed by atoms with Crippen molar-refractivity contribution in [1.82, 2.24) is 19.8 Å². The van der Waals surface area contributed by atoms with E-state index >= 15 is 0 Å². The van der Waals surface area contributed by atoms with Crippen LogP contribution in [0.15, 0.2) is 42.6 Å². The number of hydrogen-bond acceptors (Lipinski definition) is 5. The molecule has 7 heteroatoms. The van der Waals surface area contributed by atoms with Crippen LogP contribution in [-0.2, 0) is 35.4 Å². The Morgan fingerprint density at radius 2 is 1.97 bits per heavy atom. The van der Waals surface area contributed by atoms with Gasteiger partial charge in [-0.05, 0) is 30.9 Å². The molecule has 2 amide bonds. The molecule has 0 radical (unpaired) electrons. The van der Waals surface area contributed by atoms with E-state index < -0.39 is 0 Å². The van der Waals surface area contributed by atoms with Crippen molar-refractivity contribution in [2.24, 2.45) is 0 Å². The number of benzene rings is 1. The van der Waals surface area contributed by atoms with Crippen molar-refractivity contribution in [3.8, 4) is 0 Å². The number of hydrogen-bond donors (Lipinski definition) is 1. The molecule has 0 atom stereocenters. The Morgan fingerprint density at radius 3 is 2.65 bits per heavy atom. The van der Waals surface area contributed by atoms with Crippen molar-refractivity contribution in [3.05, 3.63) is 65.0 Å². The van der Waals surface area contributed by atoms with Gasteiger partial charge in [-0.25, -0.2) is 9.97 Å². The Labute approximate surface area is 183 Å². The molecule has 2 heterocycles. The molecule has 0 unspecified atom stereocenters. The molecule has 0 fully saturated rings. The molecule has 1 aliphatic heterocycles. The molecule has 4 rings (SSSR count). The van der Waals surface area contributed by atoms with E-state index in [0.29, 0.717) is 38.0 Å². The van der Waals surface area contributed by atoms with Crippen LogP contribution in [0, 0.1) is 0 Å². The Hall–Kier alpha value is -3.22. The van der Waals surface area contributed by atoms with Crippen molar-refractivity contribution in [3.63, 3.8) is 0 Å². The highest BCUT2D eigenvalue weighted by Crippen LogP contribution is 2.24. The summed E-state index contributed by atoms with van der Waals surface area (Å²) in [5.74, 6) is 0.513. The lowest BCUT2D eigenvalue weighted by molar-refractivity contribution is -0.139. The van der Waals surface area contributed by atoms with Gasteiger partial charge in [0.15, 0.2) is 0 Å². The SMILES string of the molecule is CC=CCN(CC(=O)N1CCc2nc(NC3Cc4ccccc4C3)ncc2C1)C(C)=O. The van der Waals surface area contributed by atoms with E-state index in [1.54, 1.807) is 9.80 Å². The van der Waals surface area contributed by atoms with Crippen LogP contribution in [0.5, 0.6) is 0 Å². The molecule has 2 aromatic rings. The van der Waals surface area contributed by atoms with Crippen LogP contribution in [0.1, 0.15) is 36.2 Å². The van der Waals surface area contributed by atoms with Crippen LogP contribution in [0.2, 0.25) is 0 Å². The molecule has 31 heavy (non-hydrogen) atoms. The fraction of sp³-hybridized carbons (Fsp3) is 0.417. The van der Waals surface area contributed by atoms with Gasteiger partial charge in [0.2, 0.25) is 17.8 Å². The van der Waals surface area contributed by atoms with Gasteiger partial charge in [0.05, 0.1) is 5.69 Å². The molecule has 7 nitrogen and oxygen atoms in total. The lowest BCUT2D eigenvalue weighted by atomic mass is 10.1.